The first-order valence-electron chi connectivity index (χ1n) is 8.78. The average Bonchev–Trinajstić information content (AvgIpc) is 3.05. The predicted octanol–water partition coefficient (Wildman–Crippen LogP) is 4.09. The molecule has 1 aromatic heterocycles. The molecular formula is C19H19Cl2N7OS. The molecule has 1 amide bonds. The Labute approximate surface area is 187 Å². The molecule has 156 valence electrons. The van der Waals surface area contributed by atoms with E-state index in [-0.39, 0.29) is 17.6 Å². The van der Waals surface area contributed by atoms with E-state index in [1.54, 1.807) is 18.2 Å². The number of thioether (sulfide) groups is 1. The van der Waals surface area contributed by atoms with Crippen LogP contribution in [-0.2, 0) is 4.79 Å². The molecular weight excluding hydrogens is 445 g/mol. The van der Waals surface area contributed by atoms with Crippen LogP contribution in [-0.4, -0.2) is 32.7 Å². The number of aryl methyl sites for hydroxylation is 2. The highest BCUT2D eigenvalue weighted by atomic mass is 35.5. The maximum atomic E-state index is 12.2. The second kappa shape index (κ2) is 9.84. The molecule has 0 radical (unpaired) electrons. The largest absolute Gasteiger partial charge is 0.334 e. The molecule has 3 rings (SSSR count). The summed E-state index contributed by atoms with van der Waals surface area (Å²) in [5.41, 5.74) is 6.23. The second-order valence-electron chi connectivity index (χ2n) is 6.34. The third-order valence-electron chi connectivity index (χ3n) is 4.00. The van der Waals surface area contributed by atoms with Crippen LogP contribution < -0.4 is 16.6 Å². The molecule has 8 nitrogen and oxygen atoms in total. The van der Waals surface area contributed by atoms with Gasteiger partial charge in [-0.3, -0.25) is 4.79 Å². The van der Waals surface area contributed by atoms with Crippen molar-refractivity contribution >= 4 is 58.7 Å². The van der Waals surface area contributed by atoms with Crippen molar-refractivity contribution in [2.24, 2.45) is 5.10 Å². The first kappa shape index (κ1) is 21.9. The first-order chi connectivity index (χ1) is 14.3. The van der Waals surface area contributed by atoms with Gasteiger partial charge in [0, 0.05) is 11.3 Å². The molecule has 2 aromatic carbocycles. The molecule has 0 bridgehead atoms. The zero-order valence-corrected chi connectivity index (χ0v) is 18.5. The molecule has 0 saturated heterocycles. The van der Waals surface area contributed by atoms with Gasteiger partial charge in [0.25, 0.3) is 5.95 Å². The SMILES string of the molecule is Cc1ccc(NC(=O)CSc2nnc(N/N=C/c3cccc(Cl)c3Cl)n2N)c(C)c1. The molecule has 0 aliphatic carbocycles. The number of carbonyl (C=O) groups is 1. The van der Waals surface area contributed by atoms with E-state index in [2.05, 4.69) is 26.0 Å². The third-order valence-corrected chi connectivity index (χ3v) is 5.78. The van der Waals surface area contributed by atoms with Gasteiger partial charge < -0.3 is 11.2 Å². The van der Waals surface area contributed by atoms with Crippen LogP contribution in [0.5, 0.6) is 0 Å². The number of aromatic nitrogens is 3. The van der Waals surface area contributed by atoms with Crippen LogP contribution in [0.3, 0.4) is 0 Å². The van der Waals surface area contributed by atoms with Crippen LogP contribution in [0.1, 0.15) is 16.7 Å². The van der Waals surface area contributed by atoms with Gasteiger partial charge in [-0.2, -0.15) is 5.10 Å². The zero-order chi connectivity index (χ0) is 21.7. The van der Waals surface area contributed by atoms with Gasteiger partial charge in [-0.1, -0.05) is 64.8 Å². The standard InChI is InChI=1S/C19H19Cl2N7OS/c1-11-6-7-15(12(2)8-11)24-16(29)10-30-19-27-26-18(28(19)22)25-23-9-13-4-3-5-14(20)17(13)21/h3-9H,10,22H2,1-2H3,(H,24,29)(H,25,26)/b23-9+. The minimum Gasteiger partial charge on any atom is -0.334 e. The van der Waals surface area contributed by atoms with Gasteiger partial charge in [0.1, 0.15) is 0 Å². The van der Waals surface area contributed by atoms with E-state index in [0.717, 1.165) is 28.6 Å². The summed E-state index contributed by atoms with van der Waals surface area (Å²) in [4.78, 5) is 12.2. The molecule has 0 saturated carbocycles. The molecule has 0 aliphatic rings. The van der Waals surface area contributed by atoms with E-state index >= 15 is 0 Å². The van der Waals surface area contributed by atoms with Gasteiger partial charge in [-0.25, -0.2) is 10.1 Å². The van der Waals surface area contributed by atoms with Crippen LogP contribution in [0.25, 0.3) is 0 Å². The Bertz CT molecular complexity index is 1100. The number of benzene rings is 2. The van der Waals surface area contributed by atoms with Gasteiger partial charge >= 0.3 is 0 Å². The van der Waals surface area contributed by atoms with Crippen molar-refractivity contribution in [1.82, 2.24) is 14.9 Å². The number of nitrogens with one attached hydrogen (secondary N) is 2. The van der Waals surface area contributed by atoms with E-state index in [0.29, 0.717) is 20.8 Å². The van der Waals surface area contributed by atoms with Crippen molar-refractivity contribution in [2.75, 3.05) is 22.3 Å². The summed E-state index contributed by atoms with van der Waals surface area (Å²) in [7, 11) is 0. The first-order valence-corrected chi connectivity index (χ1v) is 10.5. The topological polar surface area (TPSA) is 110 Å². The Hall–Kier alpha value is -2.75. The van der Waals surface area contributed by atoms with E-state index in [4.69, 9.17) is 29.0 Å². The smallest absolute Gasteiger partial charge is 0.264 e. The van der Waals surface area contributed by atoms with E-state index in [1.807, 2.05) is 32.0 Å². The van der Waals surface area contributed by atoms with Gasteiger partial charge in [-0.05, 0) is 31.5 Å². The highest BCUT2D eigenvalue weighted by Crippen LogP contribution is 2.24. The number of anilines is 2. The summed E-state index contributed by atoms with van der Waals surface area (Å²) in [6.07, 6.45) is 1.49. The summed E-state index contributed by atoms with van der Waals surface area (Å²) < 4.78 is 1.21. The van der Waals surface area contributed by atoms with Crippen molar-refractivity contribution in [3.63, 3.8) is 0 Å². The Morgan fingerprint density at radius 1 is 1.27 bits per heavy atom. The molecule has 3 aromatic rings. The lowest BCUT2D eigenvalue weighted by Crippen LogP contribution is -2.17. The maximum absolute atomic E-state index is 12.2. The Morgan fingerprint density at radius 3 is 2.83 bits per heavy atom. The number of amides is 1. The Morgan fingerprint density at radius 2 is 2.07 bits per heavy atom. The lowest BCUT2D eigenvalue weighted by molar-refractivity contribution is -0.113. The lowest BCUT2D eigenvalue weighted by atomic mass is 10.1. The maximum Gasteiger partial charge on any atom is 0.264 e. The zero-order valence-electron chi connectivity index (χ0n) is 16.2. The molecule has 0 spiro atoms. The summed E-state index contributed by atoms with van der Waals surface area (Å²) >= 11 is 13.2. The highest BCUT2D eigenvalue weighted by molar-refractivity contribution is 7.99. The lowest BCUT2D eigenvalue weighted by Gasteiger charge is -2.09. The van der Waals surface area contributed by atoms with E-state index in [9.17, 15) is 4.79 Å². The minimum atomic E-state index is -0.168. The number of hydrogen-bond donors (Lipinski definition) is 3. The molecule has 0 fully saturated rings. The number of hydrogen-bond acceptors (Lipinski definition) is 7. The van der Waals surface area contributed by atoms with Gasteiger partial charge in [0.2, 0.25) is 11.1 Å². The van der Waals surface area contributed by atoms with Crippen molar-refractivity contribution in [1.29, 1.82) is 0 Å². The second-order valence-corrected chi connectivity index (χ2v) is 8.07. The molecule has 30 heavy (non-hydrogen) atoms. The Kier molecular flexibility index (Phi) is 7.20. The number of carbonyl (C=O) groups excluding carboxylic acids is 1. The van der Waals surface area contributed by atoms with Crippen LogP contribution in [0.2, 0.25) is 10.0 Å². The fraction of sp³-hybridized carbons (Fsp3) is 0.158. The summed E-state index contributed by atoms with van der Waals surface area (Å²) in [5.74, 6) is 6.14. The predicted molar refractivity (Wildman–Crippen MR) is 123 cm³/mol. The molecule has 0 aliphatic heterocycles. The number of hydrazone groups is 1. The normalized spacial score (nSPS) is 11.1. The number of halogens is 2. The monoisotopic (exact) mass is 463 g/mol. The fourth-order valence-corrected chi connectivity index (χ4v) is 3.51. The number of rotatable bonds is 7. The third kappa shape index (κ3) is 5.44. The Balaban J connectivity index is 1.56. The molecule has 1 heterocycles. The highest BCUT2D eigenvalue weighted by Gasteiger charge is 2.13. The minimum absolute atomic E-state index is 0.129. The fourth-order valence-electron chi connectivity index (χ4n) is 2.50. The summed E-state index contributed by atoms with van der Waals surface area (Å²) in [6, 6.07) is 11.0. The summed E-state index contributed by atoms with van der Waals surface area (Å²) in [6.45, 7) is 3.95. The number of nitrogens with zero attached hydrogens (tertiary/aromatic N) is 4. The van der Waals surface area contributed by atoms with Crippen LogP contribution in [0.15, 0.2) is 46.7 Å². The number of nitrogens with two attached hydrogens (primary N) is 1. The number of nitrogen functional groups attached to an aromatic ring is 1. The molecule has 0 atom stereocenters. The average molecular weight is 464 g/mol. The summed E-state index contributed by atoms with van der Waals surface area (Å²) in [5, 5.41) is 16.0. The van der Waals surface area contributed by atoms with Gasteiger partial charge in [0.15, 0.2) is 0 Å². The van der Waals surface area contributed by atoms with Gasteiger partial charge in [-0.15, -0.1) is 10.2 Å². The van der Waals surface area contributed by atoms with Crippen LogP contribution >= 0.6 is 35.0 Å². The van der Waals surface area contributed by atoms with Crippen molar-refractivity contribution in [2.45, 2.75) is 19.0 Å². The quantitative estimate of drug-likeness (QED) is 0.210. The van der Waals surface area contributed by atoms with Crippen LogP contribution in [0, 0.1) is 13.8 Å². The van der Waals surface area contributed by atoms with Crippen molar-refractivity contribution in [3.05, 3.63) is 63.1 Å². The van der Waals surface area contributed by atoms with Crippen molar-refractivity contribution in [3.8, 4) is 0 Å². The van der Waals surface area contributed by atoms with Crippen LogP contribution in [0.4, 0.5) is 11.6 Å². The molecule has 4 N–H and O–H groups in total. The van der Waals surface area contributed by atoms with Crippen molar-refractivity contribution < 1.29 is 4.79 Å². The molecule has 11 heteroatoms. The van der Waals surface area contributed by atoms with E-state index < -0.39 is 0 Å². The van der Waals surface area contributed by atoms with Gasteiger partial charge in [0.05, 0.1) is 22.0 Å². The van der Waals surface area contributed by atoms with E-state index in [1.165, 1.54) is 10.9 Å². The molecule has 0 unspecified atom stereocenters.